The molecule has 0 unspecified atom stereocenters. The van der Waals surface area contributed by atoms with Crippen LogP contribution >= 0.6 is 0 Å². The van der Waals surface area contributed by atoms with Gasteiger partial charge in [-0.3, -0.25) is 4.79 Å². The molecule has 7 nitrogen and oxygen atoms in total. The zero-order valence-electron chi connectivity index (χ0n) is 15.1. The molecule has 1 fully saturated rings. The average molecular weight is 378 g/mol. The number of hydrogen-bond acceptors (Lipinski definition) is 5. The van der Waals surface area contributed by atoms with E-state index in [0.717, 1.165) is 5.56 Å². The maximum atomic E-state index is 13.0. The lowest BCUT2D eigenvalue weighted by molar-refractivity contribution is 0.0666. The summed E-state index contributed by atoms with van der Waals surface area (Å²) in [6.45, 7) is 4.72. The molecule has 1 aliphatic rings. The van der Waals surface area contributed by atoms with Crippen LogP contribution in [0.2, 0.25) is 0 Å². The monoisotopic (exact) mass is 378 g/mol. The number of carbonyl (C=O) groups excluding carboxylic acids is 1. The first-order valence-electron chi connectivity index (χ1n) is 8.32. The Hall–Kier alpha value is -2.32. The van der Waals surface area contributed by atoms with Gasteiger partial charge >= 0.3 is 0 Å². The van der Waals surface area contributed by atoms with Crippen LogP contribution in [0.25, 0.3) is 0 Å². The van der Waals surface area contributed by atoms with Gasteiger partial charge in [-0.2, -0.15) is 4.31 Å². The number of nitrogens with zero attached hydrogens (tertiary/aromatic N) is 2. The van der Waals surface area contributed by atoms with E-state index >= 15 is 0 Å². The number of hydrogen-bond donors (Lipinski definition) is 0. The average Bonchev–Trinajstić information content (AvgIpc) is 3.17. The van der Waals surface area contributed by atoms with Crippen molar-refractivity contribution in [2.45, 2.75) is 18.7 Å². The van der Waals surface area contributed by atoms with Crippen molar-refractivity contribution in [1.29, 1.82) is 0 Å². The number of amides is 1. The van der Waals surface area contributed by atoms with Crippen LogP contribution in [-0.4, -0.2) is 56.8 Å². The van der Waals surface area contributed by atoms with Crippen molar-refractivity contribution < 1.29 is 22.4 Å². The first kappa shape index (κ1) is 18.5. The minimum atomic E-state index is -3.63. The second kappa shape index (κ2) is 7.13. The highest BCUT2D eigenvalue weighted by Gasteiger charge is 2.32. The van der Waals surface area contributed by atoms with Gasteiger partial charge in [-0.25, -0.2) is 8.42 Å². The van der Waals surface area contributed by atoms with Gasteiger partial charge < -0.3 is 14.1 Å². The molecule has 0 bridgehead atoms. The van der Waals surface area contributed by atoms with Crippen molar-refractivity contribution in [2.75, 3.05) is 33.3 Å². The zero-order chi connectivity index (χ0) is 18.9. The molecule has 2 heterocycles. The molecule has 0 N–H and O–H groups in total. The fourth-order valence-electron chi connectivity index (χ4n) is 3.09. The highest BCUT2D eigenvalue weighted by atomic mass is 32.2. The third kappa shape index (κ3) is 3.34. The molecule has 0 saturated carbocycles. The smallest absolute Gasteiger partial charge is 0.289 e. The molecule has 1 amide bonds. The van der Waals surface area contributed by atoms with Gasteiger partial charge in [0.15, 0.2) is 5.76 Å². The highest BCUT2D eigenvalue weighted by molar-refractivity contribution is 7.89. The predicted octanol–water partition coefficient (Wildman–Crippen LogP) is 2.05. The Morgan fingerprint density at radius 2 is 1.81 bits per heavy atom. The Kier molecular flexibility index (Phi) is 5.06. The van der Waals surface area contributed by atoms with Crippen LogP contribution in [0.3, 0.4) is 0 Å². The summed E-state index contributed by atoms with van der Waals surface area (Å²) in [5.74, 6) is 0.710. The van der Waals surface area contributed by atoms with E-state index in [1.807, 2.05) is 6.92 Å². The lowest BCUT2D eigenvalue weighted by atomic mass is 10.1. The van der Waals surface area contributed by atoms with Crippen molar-refractivity contribution in [3.05, 3.63) is 47.4 Å². The van der Waals surface area contributed by atoms with E-state index in [1.54, 1.807) is 43.2 Å². The molecule has 1 saturated heterocycles. The number of benzene rings is 1. The summed E-state index contributed by atoms with van der Waals surface area (Å²) < 4.78 is 37.9. The highest BCUT2D eigenvalue weighted by Crippen LogP contribution is 2.28. The summed E-state index contributed by atoms with van der Waals surface area (Å²) in [6, 6.07) is 6.64. The van der Waals surface area contributed by atoms with Gasteiger partial charge in [0.1, 0.15) is 5.75 Å². The topological polar surface area (TPSA) is 80.1 Å². The summed E-state index contributed by atoms with van der Waals surface area (Å²) in [5.41, 5.74) is 1.41. The van der Waals surface area contributed by atoms with Crippen LogP contribution in [0.4, 0.5) is 0 Å². The fraction of sp³-hybridized carbons (Fsp3) is 0.389. The van der Waals surface area contributed by atoms with Crippen LogP contribution in [0.15, 0.2) is 39.8 Å². The molecule has 0 aliphatic carbocycles. The standard InChI is InChI=1S/C18H22N2O5S/c1-13-12-17(14(2)11-16(13)24-3)26(22,23)20-8-6-19(7-9-20)18(21)15-5-4-10-25-15/h4-5,10-12H,6-9H2,1-3H3. The largest absolute Gasteiger partial charge is 0.496 e. The number of methoxy groups -OCH3 is 1. The van der Waals surface area contributed by atoms with Crippen LogP contribution in [0.5, 0.6) is 5.75 Å². The van der Waals surface area contributed by atoms with E-state index in [9.17, 15) is 13.2 Å². The predicted molar refractivity (Wildman–Crippen MR) is 95.8 cm³/mol. The van der Waals surface area contributed by atoms with Crippen LogP contribution in [-0.2, 0) is 10.0 Å². The van der Waals surface area contributed by atoms with E-state index in [2.05, 4.69) is 0 Å². The van der Waals surface area contributed by atoms with Gasteiger partial charge in [0, 0.05) is 26.2 Å². The van der Waals surface area contributed by atoms with E-state index in [1.165, 1.54) is 10.6 Å². The van der Waals surface area contributed by atoms with Gasteiger partial charge in [0.25, 0.3) is 5.91 Å². The second-order valence-corrected chi connectivity index (χ2v) is 8.17. The lowest BCUT2D eigenvalue weighted by Crippen LogP contribution is -2.50. The molecular weight excluding hydrogens is 356 g/mol. The van der Waals surface area contributed by atoms with E-state index in [4.69, 9.17) is 9.15 Å². The number of ether oxygens (including phenoxy) is 1. The number of aryl methyl sites for hydroxylation is 2. The van der Waals surface area contributed by atoms with Crippen molar-refractivity contribution in [3.8, 4) is 5.75 Å². The fourth-order valence-corrected chi connectivity index (χ4v) is 4.80. The summed E-state index contributed by atoms with van der Waals surface area (Å²) in [6.07, 6.45) is 1.45. The molecule has 2 aromatic rings. The Balaban J connectivity index is 1.76. The van der Waals surface area contributed by atoms with Crippen LogP contribution < -0.4 is 4.74 Å². The molecule has 1 aromatic heterocycles. The molecule has 0 spiro atoms. The van der Waals surface area contributed by atoms with Gasteiger partial charge in [0.2, 0.25) is 10.0 Å². The molecule has 1 aromatic carbocycles. The first-order chi connectivity index (χ1) is 12.3. The van der Waals surface area contributed by atoms with Crippen LogP contribution in [0, 0.1) is 13.8 Å². The minimum absolute atomic E-state index is 0.219. The van der Waals surface area contributed by atoms with Crippen LogP contribution in [0.1, 0.15) is 21.7 Å². The molecule has 3 rings (SSSR count). The second-order valence-electron chi connectivity index (χ2n) is 6.26. The minimum Gasteiger partial charge on any atom is -0.496 e. The third-order valence-corrected chi connectivity index (χ3v) is 6.61. The number of sulfonamides is 1. The summed E-state index contributed by atoms with van der Waals surface area (Å²) in [4.78, 5) is 14.2. The number of furan rings is 1. The number of rotatable bonds is 4. The number of carbonyl (C=O) groups is 1. The molecule has 8 heteroatoms. The van der Waals surface area contributed by atoms with Gasteiger partial charge in [-0.1, -0.05) is 0 Å². The molecule has 26 heavy (non-hydrogen) atoms. The SMILES string of the molecule is COc1cc(C)c(S(=O)(=O)N2CCN(C(=O)c3ccco3)CC2)cc1C. The van der Waals surface area contributed by atoms with Crippen molar-refractivity contribution in [2.24, 2.45) is 0 Å². The summed E-state index contributed by atoms with van der Waals surface area (Å²) >= 11 is 0. The van der Waals surface area contributed by atoms with E-state index in [0.29, 0.717) is 24.4 Å². The Labute approximate surface area is 153 Å². The van der Waals surface area contributed by atoms with Crippen molar-refractivity contribution in [3.63, 3.8) is 0 Å². The maximum absolute atomic E-state index is 13.0. The van der Waals surface area contributed by atoms with Gasteiger partial charge in [-0.05, 0) is 49.2 Å². The lowest BCUT2D eigenvalue weighted by Gasteiger charge is -2.33. The molecular formula is C18H22N2O5S. The maximum Gasteiger partial charge on any atom is 0.289 e. The number of piperazine rings is 1. The molecule has 1 aliphatic heterocycles. The quantitative estimate of drug-likeness (QED) is 0.813. The van der Waals surface area contributed by atoms with Crippen molar-refractivity contribution in [1.82, 2.24) is 9.21 Å². The van der Waals surface area contributed by atoms with Gasteiger partial charge in [0.05, 0.1) is 18.3 Å². The molecule has 0 radical (unpaired) electrons. The molecule has 0 atom stereocenters. The Bertz CT molecular complexity index is 898. The Morgan fingerprint density at radius 3 is 2.38 bits per heavy atom. The van der Waals surface area contributed by atoms with Crippen molar-refractivity contribution >= 4 is 15.9 Å². The van der Waals surface area contributed by atoms with E-state index in [-0.39, 0.29) is 29.7 Å². The first-order valence-corrected chi connectivity index (χ1v) is 9.76. The third-order valence-electron chi connectivity index (χ3n) is 4.57. The Morgan fingerprint density at radius 1 is 1.12 bits per heavy atom. The molecule has 140 valence electrons. The normalized spacial score (nSPS) is 15.9. The van der Waals surface area contributed by atoms with E-state index < -0.39 is 10.0 Å². The zero-order valence-corrected chi connectivity index (χ0v) is 15.9. The summed E-state index contributed by atoms with van der Waals surface area (Å²) in [7, 11) is -2.07. The van der Waals surface area contributed by atoms with Gasteiger partial charge in [-0.15, -0.1) is 0 Å². The summed E-state index contributed by atoms with van der Waals surface area (Å²) in [5, 5.41) is 0.